The summed E-state index contributed by atoms with van der Waals surface area (Å²) in [7, 11) is 0. The quantitative estimate of drug-likeness (QED) is 0.280. The highest BCUT2D eigenvalue weighted by Crippen LogP contribution is 2.48. The maximum Gasteiger partial charge on any atom is -0.00140 e. The minimum atomic E-state index is 0.186. The van der Waals surface area contributed by atoms with E-state index in [0.29, 0.717) is 0 Å². The molecule has 4 rings (SSSR count). The second kappa shape index (κ2) is 11.5. The Hall–Kier alpha value is -1.56. The van der Waals surface area contributed by atoms with Crippen molar-refractivity contribution >= 4 is 0 Å². The van der Waals surface area contributed by atoms with Gasteiger partial charge in [0.1, 0.15) is 0 Å². The summed E-state index contributed by atoms with van der Waals surface area (Å²) in [5.74, 6) is 0. The summed E-state index contributed by atoms with van der Waals surface area (Å²) >= 11 is 0. The fraction of sp³-hybridized carbons (Fsp3) is 0.684. The van der Waals surface area contributed by atoms with E-state index in [2.05, 4.69) is 69.2 Å². The molecule has 0 unspecified atom stereocenters. The summed E-state index contributed by atoms with van der Waals surface area (Å²) < 4.78 is 0. The van der Waals surface area contributed by atoms with E-state index in [-0.39, 0.29) is 10.8 Å². The zero-order valence-electron chi connectivity index (χ0n) is 26.9. The van der Waals surface area contributed by atoms with Crippen molar-refractivity contribution in [1.29, 1.82) is 0 Å². The van der Waals surface area contributed by atoms with Crippen LogP contribution in [0, 0.1) is 0 Å². The molecular formula is C38H58. The van der Waals surface area contributed by atoms with E-state index in [1.165, 1.54) is 89.9 Å². The van der Waals surface area contributed by atoms with Gasteiger partial charge in [-0.1, -0.05) is 94.9 Å². The molecule has 0 atom stereocenters. The Balaban J connectivity index is 2.13. The molecule has 0 heteroatoms. The second-order valence-corrected chi connectivity index (χ2v) is 14.6. The summed E-state index contributed by atoms with van der Waals surface area (Å²) in [6, 6.07) is 0. The maximum atomic E-state index is 2.49. The third kappa shape index (κ3) is 5.28. The predicted octanol–water partition coefficient (Wildman–Crippen LogP) is 10.5. The van der Waals surface area contributed by atoms with Crippen LogP contribution in [-0.4, -0.2) is 0 Å². The van der Waals surface area contributed by atoms with Crippen LogP contribution >= 0.6 is 0 Å². The number of fused-ring (bicyclic) bond motifs is 3. The standard InChI is InChI=1S/C38H58/c1-11-17-25-26(18-12-2)28(20-14-4)32-24-34-33(23-31(32)27(25)19-13-3)35(37(5,6)7)29-21-15-16-22-30(29)36(34)38(8,9)10/h11-24H2,1-10H3. The Morgan fingerprint density at radius 3 is 1.03 bits per heavy atom. The Bertz CT molecular complexity index is 1070. The summed E-state index contributed by atoms with van der Waals surface area (Å²) in [4.78, 5) is 0. The Labute approximate surface area is 236 Å². The van der Waals surface area contributed by atoms with Crippen molar-refractivity contribution in [1.82, 2.24) is 0 Å². The van der Waals surface area contributed by atoms with Crippen molar-refractivity contribution in [2.24, 2.45) is 0 Å². The van der Waals surface area contributed by atoms with Gasteiger partial charge in [-0.2, -0.15) is 0 Å². The molecular weight excluding hydrogens is 456 g/mol. The molecule has 0 aromatic heterocycles. The molecule has 0 amide bonds. The third-order valence-electron chi connectivity index (χ3n) is 9.43. The van der Waals surface area contributed by atoms with Crippen molar-refractivity contribution in [3.8, 4) is 0 Å². The Morgan fingerprint density at radius 2 is 0.737 bits per heavy atom. The van der Waals surface area contributed by atoms with Crippen molar-refractivity contribution in [3.05, 3.63) is 66.8 Å². The maximum absolute atomic E-state index is 2.49. The molecule has 0 saturated carbocycles. The van der Waals surface area contributed by atoms with Crippen molar-refractivity contribution < 1.29 is 0 Å². The summed E-state index contributed by atoms with van der Waals surface area (Å²) in [6.45, 7) is 24.5. The molecule has 38 heavy (non-hydrogen) atoms. The molecule has 0 N–H and O–H groups in total. The van der Waals surface area contributed by atoms with Crippen molar-refractivity contribution in [3.63, 3.8) is 0 Å². The molecule has 0 bridgehead atoms. The van der Waals surface area contributed by atoms with Gasteiger partial charge in [0.05, 0.1) is 0 Å². The van der Waals surface area contributed by atoms with Crippen LogP contribution in [0.25, 0.3) is 0 Å². The molecule has 0 fully saturated rings. The highest BCUT2D eigenvalue weighted by Gasteiger charge is 2.37. The summed E-state index contributed by atoms with van der Waals surface area (Å²) in [6.07, 6.45) is 17.6. The van der Waals surface area contributed by atoms with Gasteiger partial charge >= 0.3 is 0 Å². The zero-order chi connectivity index (χ0) is 27.8. The largest absolute Gasteiger partial charge is 0.0651 e. The van der Waals surface area contributed by atoms with Gasteiger partial charge in [-0.15, -0.1) is 0 Å². The normalized spacial score (nSPS) is 15.3. The molecule has 0 radical (unpaired) electrons. The minimum absolute atomic E-state index is 0.186. The molecule has 210 valence electrons. The fourth-order valence-electron chi connectivity index (χ4n) is 8.40. The van der Waals surface area contributed by atoms with Crippen LogP contribution in [0.5, 0.6) is 0 Å². The first-order chi connectivity index (χ1) is 18.0. The van der Waals surface area contributed by atoms with Gasteiger partial charge in [-0.3, -0.25) is 0 Å². The average molecular weight is 515 g/mol. The first-order valence-corrected chi connectivity index (χ1v) is 16.4. The van der Waals surface area contributed by atoms with E-state index in [0.717, 1.165) is 0 Å². The van der Waals surface area contributed by atoms with Gasteiger partial charge in [0.15, 0.2) is 0 Å². The highest BCUT2D eigenvalue weighted by atomic mass is 14.4. The van der Waals surface area contributed by atoms with Gasteiger partial charge in [0.25, 0.3) is 0 Å². The van der Waals surface area contributed by atoms with E-state index < -0.39 is 0 Å². The number of hydrogen-bond donors (Lipinski definition) is 0. The zero-order valence-corrected chi connectivity index (χ0v) is 26.9. The molecule has 0 nitrogen and oxygen atoms in total. The third-order valence-corrected chi connectivity index (χ3v) is 9.43. The lowest BCUT2D eigenvalue weighted by atomic mass is 9.63. The van der Waals surface area contributed by atoms with Gasteiger partial charge in [-0.25, -0.2) is 0 Å². The predicted molar refractivity (Wildman–Crippen MR) is 169 cm³/mol. The molecule has 2 aliphatic carbocycles. The minimum Gasteiger partial charge on any atom is -0.0651 e. The molecule has 2 aromatic carbocycles. The van der Waals surface area contributed by atoms with E-state index >= 15 is 0 Å². The lowest BCUT2D eigenvalue weighted by molar-refractivity contribution is 0.531. The van der Waals surface area contributed by atoms with Gasteiger partial charge in [0, 0.05) is 0 Å². The second-order valence-electron chi connectivity index (χ2n) is 14.6. The van der Waals surface area contributed by atoms with Crippen molar-refractivity contribution in [2.45, 2.75) is 170 Å². The van der Waals surface area contributed by atoms with Crippen LogP contribution in [0.3, 0.4) is 0 Å². The van der Waals surface area contributed by atoms with Crippen LogP contribution < -0.4 is 0 Å². The van der Waals surface area contributed by atoms with E-state index in [1.807, 2.05) is 0 Å². The molecule has 2 aromatic rings. The number of hydrogen-bond acceptors (Lipinski definition) is 0. The summed E-state index contributed by atoms with van der Waals surface area (Å²) in [5.41, 5.74) is 21.3. The summed E-state index contributed by atoms with van der Waals surface area (Å²) in [5, 5.41) is 0. The monoisotopic (exact) mass is 514 g/mol. The van der Waals surface area contributed by atoms with E-state index in [4.69, 9.17) is 0 Å². The fourth-order valence-corrected chi connectivity index (χ4v) is 8.40. The van der Waals surface area contributed by atoms with Gasteiger partial charge in [0.2, 0.25) is 0 Å². The average Bonchev–Trinajstić information content (AvgIpc) is 2.84. The molecule has 0 spiro atoms. The Kier molecular flexibility index (Phi) is 8.91. The lowest BCUT2D eigenvalue weighted by Crippen LogP contribution is -2.31. The van der Waals surface area contributed by atoms with Crippen LogP contribution in [0.1, 0.15) is 175 Å². The topological polar surface area (TPSA) is 0 Å². The van der Waals surface area contributed by atoms with Gasteiger partial charge in [-0.05, 0) is 142 Å². The molecule has 2 aliphatic rings. The van der Waals surface area contributed by atoms with E-state index in [9.17, 15) is 0 Å². The van der Waals surface area contributed by atoms with Gasteiger partial charge < -0.3 is 0 Å². The van der Waals surface area contributed by atoms with Crippen molar-refractivity contribution in [2.75, 3.05) is 0 Å². The smallest absolute Gasteiger partial charge is 0.00140 e. The lowest BCUT2D eigenvalue weighted by Gasteiger charge is -2.41. The Morgan fingerprint density at radius 1 is 0.421 bits per heavy atom. The highest BCUT2D eigenvalue weighted by molar-refractivity contribution is 5.65. The molecule has 0 aliphatic heterocycles. The number of rotatable bonds is 8. The number of benzene rings is 2. The van der Waals surface area contributed by atoms with Crippen LogP contribution in [-0.2, 0) is 62.2 Å². The van der Waals surface area contributed by atoms with Crippen LogP contribution in [0.2, 0.25) is 0 Å². The first kappa shape index (κ1) is 29.4. The van der Waals surface area contributed by atoms with Crippen LogP contribution in [0.4, 0.5) is 0 Å². The molecule has 0 saturated heterocycles. The van der Waals surface area contributed by atoms with E-state index in [1.54, 1.807) is 66.8 Å². The SMILES string of the molecule is CCCc1c(CCC)c(CCC)c2c(c1CCC)Cc1c(c(C(C)(C)C)c3c(c1C(C)(C)C)CCCC3)C2. The first-order valence-electron chi connectivity index (χ1n) is 16.4. The molecule has 0 heterocycles. The van der Waals surface area contributed by atoms with Crippen LogP contribution in [0.15, 0.2) is 0 Å².